The van der Waals surface area contributed by atoms with Gasteiger partial charge in [-0.15, -0.1) is 0 Å². The van der Waals surface area contributed by atoms with Gasteiger partial charge in [0.1, 0.15) is 5.82 Å². The molecular weight excluding hydrogens is 410 g/mol. The fraction of sp³-hybridized carbons (Fsp3) is 0.435. The third kappa shape index (κ3) is 6.13. The van der Waals surface area contributed by atoms with E-state index < -0.39 is 0 Å². The molecule has 0 atom stereocenters. The van der Waals surface area contributed by atoms with Crippen LogP contribution in [0.25, 0.3) is 0 Å². The van der Waals surface area contributed by atoms with Crippen molar-refractivity contribution in [3.63, 3.8) is 0 Å². The summed E-state index contributed by atoms with van der Waals surface area (Å²) in [7, 11) is 0. The zero-order valence-corrected chi connectivity index (χ0v) is 18.5. The van der Waals surface area contributed by atoms with Gasteiger partial charge in [0.2, 0.25) is 5.91 Å². The second-order valence-corrected chi connectivity index (χ2v) is 9.12. The van der Waals surface area contributed by atoms with Crippen molar-refractivity contribution in [3.05, 3.63) is 53.7 Å². The van der Waals surface area contributed by atoms with E-state index in [0.29, 0.717) is 18.7 Å². The monoisotopic (exact) mass is 439 g/mol. The van der Waals surface area contributed by atoms with Crippen LogP contribution in [0.3, 0.4) is 0 Å². The number of urea groups is 1. The smallest absolute Gasteiger partial charge is 0.319 e. The van der Waals surface area contributed by atoms with Crippen molar-refractivity contribution in [1.29, 1.82) is 0 Å². The predicted molar refractivity (Wildman–Crippen MR) is 126 cm³/mol. The van der Waals surface area contributed by atoms with Gasteiger partial charge >= 0.3 is 6.03 Å². The van der Waals surface area contributed by atoms with Gasteiger partial charge in [0.15, 0.2) is 0 Å². The molecule has 0 bridgehead atoms. The number of aromatic nitrogens is 1. The maximum Gasteiger partial charge on any atom is 0.319 e. The number of carbonyl (C=O) groups excluding carboxylic acids is 2. The van der Waals surface area contributed by atoms with Crippen molar-refractivity contribution in [3.8, 4) is 0 Å². The Morgan fingerprint density at radius 3 is 2.45 bits per heavy atom. The average Bonchev–Trinajstić information content (AvgIpc) is 3.35. The zero-order valence-electron chi connectivity index (χ0n) is 17.7. The Balaban J connectivity index is 1.24. The summed E-state index contributed by atoms with van der Waals surface area (Å²) in [6.07, 6.45) is 4.61. The number of amides is 3. The summed E-state index contributed by atoms with van der Waals surface area (Å²) >= 11 is 1.89. The van der Waals surface area contributed by atoms with E-state index in [-0.39, 0.29) is 11.9 Å². The van der Waals surface area contributed by atoms with Crippen LogP contribution in [0.1, 0.15) is 24.0 Å². The summed E-state index contributed by atoms with van der Waals surface area (Å²) in [5.74, 6) is 3.18. The third-order valence-electron chi connectivity index (χ3n) is 5.62. The molecule has 0 saturated carbocycles. The van der Waals surface area contributed by atoms with Gasteiger partial charge in [-0.3, -0.25) is 4.79 Å². The summed E-state index contributed by atoms with van der Waals surface area (Å²) in [6.45, 7) is 4.20. The number of anilines is 2. The number of thioether (sulfide) groups is 1. The number of rotatable bonds is 6. The molecule has 2 aliphatic heterocycles. The summed E-state index contributed by atoms with van der Waals surface area (Å²) < 4.78 is 0. The van der Waals surface area contributed by atoms with Crippen molar-refractivity contribution in [1.82, 2.24) is 15.2 Å². The van der Waals surface area contributed by atoms with E-state index in [9.17, 15) is 9.59 Å². The second kappa shape index (κ2) is 10.5. The molecule has 1 aromatic heterocycles. The average molecular weight is 440 g/mol. The molecule has 2 aliphatic rings. The van der Waals surface area contributed by atoms with Gasteiger partial charge < -0.3 is 20.4 Å². The highest BCUT2D eigenvalue weighted by Crippen LogP contribution is 2.18. The van der Waals surface area contributed by atoms with E-state index in [4.69, 9.17) is 0 Å². The minimum absolute atomic E-state index is 0.171. The molecule has 2 N–H and O–H groups in total. The highest BCUT2D eigenvalue weighted by Gasteiger charge is 2.17. The number of pyridine rings is 1. The third-order valence-corrected chi connectivity index (χ3v) is 6.57. The molecule has 164 valence electrons. The first-order valence-corrected chi connectivity index (χ1v) is 12.0. The number of nitrogens with zero attached hydrogens (tertiary/aromatic N) is 3. The van der Waals surface area contributed by atoms with Crippen molar-refractivity contribution in [2.45, 2.75) is 25.8 Å². The molecule has 2 aromatic rings. The summed E-state index contributed by atoms with van der Waals surface area (Å²) in [6, 6.07) is 11.2. The summed E-state index contributed by atoms with van der Waals surface area (Å²) in [5, 5.41) is 5.75. The number of hydrogen-bond donors (Lipinski definition) is 2. The van der Waals surface area contributed by atoms with Crippen LogP contribution in [0.5, 0.6) is 0 Å². The predicted octanol–water partition coefficient (Wildman–Crippen LogP) is 3.12. The van der Waals surface area contributed by atoms with Gasteiger partial charge in [-0.1, -0.05) is 12.1 Å². The van der Waals surface area contributed by atoms with Crippen molar-refractivity contribution in [2.24, 2.45) is 0 Å². The van der Waals surface area contributed by atoms with E-state index in [0.717, 1.165) is 54.6 Å². The standard InChI is InChI=1S/C23H29N5O2S/c29-22(28-11-13-31-14-12-28)16-18-3-5-20(6-4-18)26-23(30)25-17-19-7-8-24-21(15-19)27-9-1-2-10-27/h3-8,15H,1-2,9-14,16-17H2,(H2,25,26,30). The summed E-state index contributed by atoms with van der Waals surface area (Å²) in [5.41, 5.74) is 2.69. The van der Waals surface area contributed by atoms with Crippen molar-refractivity contribution >= 4 is 35.2 Å². The number of carbonyl (C=O) groups is 2. The van der Waals surface area contributed by atoms with E-state index in [1.165, 1.54) is 12.8 Å². The van der Waals surface area contributed by atoms with Gasteiger partial charge in [-0.25, -0.2) is 9.78 Å². The Morgan fingerprint density at radius 2 is 1.71 bits per heavy atom. The molecule has 3 amide bonds. The molecule has 3 heterocycles. The number of hydrogen-bond acceptors (Lipinski definition) is 5. The fourth-order valence-electron chi connectivity index (χ4n) is 3.85. The topological polar surface area (TPSA) is 77.6 Å². The van der Waals surface area contributed by atoms with Crippen LogP contribution in [0.4, 0.5) is 16.3 Å². The Labute approximate surface area is 187 Å². The second-order valence-electron chi connectivity index (χ2n) is 7.89. The molecule has 0 spiro atoms. The first-order chi connectivity index (χ1) is 15.2. The van der Waals surface area contributed by atoms with Crippen LogP contribution in [0, 0.1) is 0 Å². The first-order valence-electron chi connectivity index (χ1n) is 10.9. The van der Waals surface area contributed by atoms with E-state index in [2.05, 4.69) is 20.5 Å². The Bertz CT molecular complexity index is 893. The van der Waals surface area contributed by atoms with Gasteiger partial charge in [0.05, 0.1) is 6.42 Å². The largest absolute Gasteiger partial charge is 0.357 e. The maximum atomic E-state index is 12.4. The Kier molecular flexibility index (Phi) is 7.30. The van der Waals surface area contributed by atoms with Crippen molar-refractivity contribution in [2.75, 3.05) is 47.9 Å². The normalized spacial score (nSPS) is 16.3. The molecule has 4 rings (SSSR count). The lowest BCUT2D eigenvalue weighted by molar-refractivity contribution is -0.130. The van der Waals surface area contributed by atoms with Gasteiger partial charge in [0.25, 0.3) is 0 Å². The molecule has 0 aliphatic carbocycles. The lowest BCUT2D eigenvalue weighted by Gasteiger charge is -2.26. The molecule has 1 aromatic carbocycles. The minimum atomic E-state index is -0.255. The van der Waals surface area contributed by atoms with Crippen LogP contribution in [-0.2, 0) is 17.8 Å². The lowest BCUT2D eigenvalue weighted by atomic mass is 10.1. The number of benzene rings is 1. The fourth-order valence-corrected chi connectivity index (χ4v) is 4.76. The van der Waals surface area contributed by atoms with E-state index in [1.54, 1.807) is 6.20 Å². The molecule has 8 heteroatoms. The Hall–Kier alpha value is -2.74. The van der Waals surface area contributed by atoms with Gasteiger partial charge in [-0.2, -0.15) is 11.8 Å². The molecule has 0 unspecified atom stereocenters. The zero-order chi connectivity index (χ0) is 21.5. The van der Waals surface area contributed by atoms with E-state index in [1.807, 2.05) is 53.1 Å². The molecule has 7 nitrogen and oxygen atoms in total. The van der Waals surface area contributed by atoms with E-state index >= 15 is 0 Å². The van der Waals surface area contributed by atoms with Gasteiger partial charge in [0, 0.05) is 56.1 Å². The maximum absolute atomic E-state index is 12.4. The quantitative estimate of drug-likeness (QED) is 0.723. The molecule has 2 fully saturated rings. The van der Waals surface area contributed by atoms with Crippen LogP contribution < -0.4 is 15.5 Å². The molecular formula is C23H29N5O2S. The van der Waals surface area contributed by atoms with Crippen LogP contribution >= 0.6 is 11.8 Å². The SMILES string of the molecule is O=C(NCc1ccnc(N2CCCC2)c1)Nc1ccc(CC(=O)N2CCSCC2)cc1. The summed E-state index contributed by atoms with van der Waals surface area (Å²) in [4.78, 5) is 33.3. The molecule has 0 radical (unpaired) electrons. The first kappa shape index (κ1) is 21.5. The molecule has 2 saturated heterocycles. The van der Waals surface area contributed by atoms with Crippen LogP contribution in [0.2, 0.25) is 0 Å². The van der Waals surface area contributed by atoms with Gasteiger partial charge in [-0.05, 0) is 48.2 Å². The Morgan fingerprint density at radius 1 is 0.968 bits per heavy atom. The minimum Gasteiger partial charge on any atom is -0.357 e. The highest BCUT2D eigenvalue weighted by atomic mass is 32.2. The highest BCUT2D eigenvalue weighted by molar-refractivity contribution is 7.99. The molecule has 31 heavy (non-hydrogen) atoms. The van der Waals surface area contributed by atoms with Crippen LogP contribution in [0.15, 0.2) is 42.6 Å². The number of nitrogens with one attached hydrogen (secondary N) is 2. The van der Waals surface area contributed by atoms with Crippen molar-refractivity contribution < 1.29 is 9.59 Å². The van der Waals surface area contributed by atoms with Crippen LogP contribution in [-0.4, -0.2) is 59.5 Å². The lowest BCUT2D eigenvalue weighted by Crippen LogP contribution is -2.38.